The molecule has 0 unspecified atom stereocenters. The fraction of sp³-hybridized carbons (Fsp3) is 0.250. The lowest BCUT2D eigenvalue weighted by Crippen LogP contribution is -2.20. The number of nitrogens with one attached hydrogen (secondary N) is 1. The van der Waals surface area contributed by atoms with Crippen molar-refractivity contribution in [3.63, 3.8) is 0 Å². The van der Waals surface area contributed by atoms with Crippen LogP contribution in [0, 0.1) is 0 Å². The summed E-state index contributed by atoms with van der Waals surface area (Å²) < 4.78 is 56.0. The third-order valence-corrected chi connectivity index (χ3v) is 3.74. The Morgan fingerprint density at radius 2 is 1.59 bits per heavy atom. The second-order valence-electron chi connectivity index (χ2n) is 5.70. The van der Waals surface area contributed by atoms with Gasteiger partial charge in [0.25, 0.3) is 0 Å². The first kappa shape index (κ1) is 21.9. The van der Waals surface area contributed by atoms with Gasteiger partial charge >= 0.3 is 6.36 Å². The summed E-state index contributed by atoms with van der Waals surface area (Å²) in [7, 11) is 4.47. The molecule has 6 nitrogen and oxygen atoms in total. The maximum absolute atomic E-state index is 12.1. The second-order valence-corrected chi connectivity index (χ2v) is 5.70. The van der Waals surface area contributed by atoms with Crippen molar-refractivity contribution < 1.29 is 36.9 Å². The number of hydrogen-bond donors (Lipinski definition) is 1. The second kappa shape index (κ2) is 9.72. The third-order valence-electron chi connectivity index (χ3n) is 3.74. The van der Waals surface area contributed by atoms with Crippen molar-refractivity contribution in [1.29, 1.82) is 0 Å². The van der Waals surface area contributed by atoms with Crippen molar-refractivity contribution in [1.82, 2.24) is 5.32 Å². The molecule has 0 saturated carbocycles. The van der Waals surface area contributed by atoms with E-state index in [1.54, 1.807) is 18.2 Å². The number of methoxy groups -OCH3 is 3. The maximum atomic E-state index is 12.1. The molecule has 0 heterocycles. The number of rotatable bonds is 8. The van der Waals surface area contributed by atoms with Gasteiger partial charge in [0.15, 0.2) is 11.5 Å². The average molecular weight is 411 g/mol. The lowest BCUT2D eigenvalue weighted by Gasteiger charge is -2.12. The fourth-order valence-electron chi connectivity index (χ4n) is 2.43. The van der Waals surface area contributed by atoms with Crippen molar-refractivity contribution in [3.05, 3.63) is 53.6 Å². The van der Waals surface area contributed by atoms with Gasteiger partial charge in [-0.15, -0.1) is 13.2 Å². The lowest BCUT2D eigenvalue weighted by atomic mass is 10.1. The van der Waals surface area contributed by atoms with Crippen LogP contribution in [0.3, 0.4) is 0 Å². The van der Waals surface area contributed by atoms with E-state index in [-0.39, 0.29) is 18.2 Å². The Labute approximate surface area is 165 Å². The SMILES string of the molecule is COc1cc(/C=C\C(=O)NCc2ccc(OC(F)(F)F)cc2)cc(OC)c1OC. The van der Waals surface area contributed by atoms with Gasteiger partial charge in [-0.2, -0.15) is 0 Å². The van der Waals surface area contributed by atoms with E-state index in [1.165, 1.54) is 51.7 Å². The van der Waals surface area contributed by atoms with E-state index in [9.17, 15) is 18.0 Å². The molecule has 0 aliphatic carbocycles. The predicted molar refractivity (Wildman–Crippen MR) is 100 cm³/mol. The van der Waals surface area contributed by atoms with Gasteiger partial charge in [-0.3, -0.25) is 4.79 Å². The van der Waals surface area contributed by atoms with Gasteiger partial charge in [-0.1, -0.05) is 12.1 Å². The highest BCUT2D eigenvalue weighted by Crippen LogP contribution is 2.38. The Morgan fingerprint density at radius 1 is 1.00 bits per heavy atom. The van der Waals surface area contributed by atoms with Gasteiger partial charge in [0.2, 0.25) is 11.7 Å². The molecular weight excluding hydrogens is 391 g/mol. The van der Waals surface area contributed by atoms with Crippen LogP contribution in [0.4, 0.5) is 13.2 Å². The molecule has 0 fully saturated rings. The summed E-state index contributed by atoms with van der Waals surface area (Å²) in [4.78, 5) is 12.0. The molecule has 0 aromatic heterocycles. The highest BCUT2D eigenvalue weighted by atomic mass is 19.4. The Balaban J connectivity index is 1.98. The Hall–Kier alpha value is -3.36. The van der Waals surface area contributed by atoms with Crippen molar-refractivity contribution in [2.75, 3.05) is 21.3 Å². The van der Waals surface area contributed by atoms with Crippen molar-refractivity contribution >= 4 is 12.0 Å². The van der Waals surface area contributed by atoms with E-state index in [4.69, 9.17) is 14.2 Å². The highest BCUT2D eigenvalue weighted by molar-refractivity contribution is 5.91. The van der Waals surface area contributed by atoms with Gasteiger partial charge in [-0.25, -0.2) is 0 Å². The van der Waals surface area contributed by atoms with Gasteiger partial charge in [0.05, 0.1) is 21.3 Å². The number of hydrogen-bond acceptors (Lipinski definition) is 5. The first-order valence-electron chi connectivity index (χ1n) is 8.36. The minimum atomic E-state index is -4.74. The Kier molecular flexibility index (Phi) is 7.35. The summed E-state index contributed by atoms with van der Waals surface area (Å²) in [6.07, 6.45) is -1.85. The first-order chi connectivity index (χ1) is 13.8. The van der Waals surface area contributed by atoms with E-state index in [2.05, 4.69) is 10.1 Å². The Bertz CT molecular complexity index is 838. The van der Waals surface area contributed by atoms with Gasteiger partial charge in [0.1, 0.15) is 5.75 Å². The summed E-state index contributed by atoms with van der Waals surface area (Å²) in [5, 5.41) is 2.64. The van der Waals surface area contributed by atoms with E-state index in [1.807, 2.05) is 0 Å². The van der Waals surface area contributed by atoms with Crippen LogP contribution in [0.5, 0.6) is 23.0 Å². The molecule has 0 radical (unpaired) electrons. The number of amides is 1. The van der Waals surface area contributed by atoms with Gasteiger partial charge < -0.3 is 24.3 Å². The molecule has 2 aromatic carbocycles. The predicted octanol–water partition coefficient (Wildman–Crippen LogP) is 3.94. The van der Waals surface area contributed by atoms with Crippen molar-refractivity contribution in [2.45, 2.75) is 12.9 Å². The van der Waals surface area contributed by atoms with Crippen LogP contribution in [0.25, 0.3) is 6.08 Å². The number of carbonyl (C=O) groups is 1. The number of ether oxygens (including phenoxy) is 4. The standard InChI is InChI=1S/C20H20F3NO5/c1-26-16-10-14(11-17(27-2)19(16)28-3)6-9-18(25)24-12-13-4-7-15(8-5-13)29-20(21,22)23/h4-11H,12H2,1-3H3,(H,24,25)/b9-6-. The minimum absolute atomic E-state index is 0.144. The van der Waals surface area contributed by atoms with Crippen LogP contribution in [0.15, 0.2) is 42.5 Å². The molecule has 0 atom stereocenters. The molecule has 9 heteroatoms. The first-order valence-corrected chi connectivity index (χ1v) is 8.36. The van der Waals surface area contributed by atoms with Crippen LogP contribution >= 0.6 is 0 Å². The Morgan fingerprint density at radius 3 is 2.07 bits per heavy atom. The highest BCUT2D eigenvalue weighted by Gasteiger charge is 2.30. The monoisotopic (exact) mass is 411 g/mol. The molecule has 0 bridgehead atoms. The topological polar surface area (TPSA) is 66.0 Å². The molecule has 0 spiro atoms. The van der Waals surface area contributed by atoms with Crippen molar-refractivity contribution in [2.24, 2.45) is 0 Å². The lowest BCUT2D eigenvalue weighted by molar-refractivity contribution is -0.274. The summed E-state index contributed by atoms with van der Waals surface area (Å²) in [5.74, 6) is 0.639. The van der Waals surface area contributed by atoms with Gasteiger partial charge in [0, 0.05) is 12.6 Å². The third kappa shape index (κ3) is 6.63. The molecule has 1 amide bonds. The average Bonchev–Trinajstić information content (AvgIpc) is 2.69. The van der Waals surface area contributed by atoms with E-state index in [0.717, 1.165) is 0 Å². The van der Waals surface area contributed by atoms with Crippen LogP contribution in [0.1, 0.15) is 11.1 Å². The molecule has 2 rings (SSSR count). The zero-order valence-electron chi connectivity index (χ0n) is 16.0. The minimum Gasteiger partial charge on any atom is -0.493 e. The van der Waals surface area contributed by atoms with Gasteiger partial charge in [-0.05, 0) is 41.5 Å². The summed E-state index contributed by atoms with van der Waals surface area (Å²) in [5.41, 5.74) is 1.28. The molecular formula is C20H20F3NO5. The zero-order chi connectivity index (χ0) is 21.4. The number of benzene rings is 2. The largest absolute Gasteiger partial charge is 0.573 e. The van der Waals surface area contributed by atoms with Crippen LogP contribution in [0.2, 0.25) is 0 Å². The molecule has 2 aromatic rings. The van der Waals surface area contributed by atoms with Crippen LogP contribution < -0.4 is 24.3 Å². The molecule has 0 aliphatic rings. The van der Waals surface area contributed by atoms with E-state index in [0.29, 0.717) is 28.4 Å². The van der Waals surface area contributed by atoms with E-state index >= 15 is 0 Å². The smallest absolute Gasteiger partial charge is 0.493 e. The van der Waals surface area contributed by atoms with Crippen LogP contribution in [-0.4, -0.2) is 33.6 Å². The number of alkyl halides is 3. The van der Waals surface area contributed by atoms with Crippen LogP contribution in [-0.2, 0) is 11.3 Å². The normalized spacial score (nSPS) is 11.2. The summed E-state index contributed by atoms with van der Waals surface area (Å²) >= 11 is 0. The maximum Gasteiger partial charge on any atom is 0.573 e. The van der Waals surface area contributed by atoms with Crippen molar-refractivity contribution in [3.8, 4) is 23.0 Å². The zero-order valence-corrected chi connectivity index (χ0v) is 16.0. The molecule has 1 N–H and O–H groups in total. The quantitative estimate of drug-likeness (QED) is 0.667. The molecule has 0 aliphatic heterocycles. The fourth-order valence-corrected chi connectivity index (χ4v) is 2.43. The summed E-state index contributed by atoms with van der Waals surface area (Å²) in [6.45, 7) is 0.144. The molecule has 29 heavy (non-hydrogen) atoms. The summed E-state index contributed by atoms with van der Waals surface area (Å²) in [6, 6.07) is 8.60. The molecule has 0 saturated heterocycles. The molecule has 156 valence electrons. The van der Waals surface area contributed by atoms with E-state index < -0.39 is 6.36 Å². The number of carbonyl (C=O) groups excluding carboxylic acids is 1. The number of halogens is 3.